The first-order valence-corrected chi connectivity index (χ1v) is 4.84. The summed E-state index contributed by atoms with van der Waals surface area (Å²) in [6.45, 7) is 1.52. The summed E-state index contributed by atoms with van der Waals surface area (Å²) in [5.74, 6) is 0. The fraction of sp³-hybridized carbons (Fsp3) is 0.400. The Balaban J connectivity index is 2.22. The van der Waals surface area contributed by atoms with Crippen LogP contribution in [0.3, 0.4) is 0 Å². The molecule has 15 heavy (non-hydrogen) atoms. The largest absolute Gasteiger partial charge is 0.377 e. The molecule has 1 aliphatic heterocycles. The van der Waals surface area contributed by atoms with Crippen molar-refractivity contribution in [2.75, 3.05) is 19.8 Å². The lowest BCUT2D eigenvalue weighted by Gasteiger charge is -2.33. The molecule has 0 radical (unpaired) electrons. The topological polar surface area (TPSA) is 68.5 Å². The molecule has 0 saturated carbocycles. The van der Waals surface area contributed by atoms with E-state index in [9.17, 15) is 4.79 Å². The van der Waals surface area contributed by atoms with Gasteiger partial charge < -0.3 is 15.4 Å². The van der Waals surface area contributed by atoms with Gasteiger partial charge in [0.15, 0.2) is 0 Å². The standard InChI is InChI=1S/C10H13N3O2/c11-10(14)13-5-6-15-7-9(13)8-3-1-2-4-12-8/h1-4,9H,5-7H2,(H2,11,14). The number of pyridine rings is 1. The molecule has 5 nitrogen and oxygen atoms in total. The molecule has 1 fully saturated rings. The van der Waals surface area contributed by atoms with Crippen molar-refractivity contribution in [2.24, 2.45) is 5.73 Å². The molecule has 0 aromatic carbocycles. The summed E-state index contributed by atoms with van der Waals surface area (Å²) < 4.78 is 5.33. The highest BCUT2D eigenvalue weighted by Gasteiger charge is 2.27. The van der Waals surface area contributed by atoms with Crippen LogP contribution in [0.5, 0.6) is 0 Å². The number of urea groups is 1. The number of hydrogen-bond acceptors (Lipinski definition) is 3. The summed E-state index contributed by atoms with van der Waals surface area (Å²) in [6, 6.07) is 5.01. The molecule has 1 saturated heterocycles. The van der Waals surface area contributed by atoms with Gasteiger partial charge in [0.05, 0.1) is 24.9 Å². The molecule has 1 atom stereocenters. The molecule has 2 amide bonds. The Bertz CT molecular complexity index is 342. The molecule has 1 aromatic heterocycles. The minimum atomic E-state index is -0.422. The van der Waals surface area contributed by atoms with E-state index in [1.54, 1.807) is 11.1 Å². The van der Waals surface area contributed by atoms with Crippen molar-refractivity contribution < 1.29 is 9.53 Å². The number of morpholine rings is 1. The van der Waals surface area contributed by atoms with E-state index in [0.717, 1.165) is 5.69 Å². The second kappa shape index (κ2) is 4.27. The fourth-order valence-electron chi connectivity index (χ4n) is 1.69. The van der Waals surface area contributed by atoms with E-state index < -0.39 is 6.03 Å². The van der Waals surface area contributed by atoms with Crippen molar-refractivity contribution in [3.8, 4) is 0 Å². The number of amides is 2. The summed E-state index contributed by atoms with van der Waals surface area (Å²) in [6.07, 6.45) is 1.70. The molecule has 1 aromatic rings. The average molecular weight is 207 g/mol. The zero-order valence-corrected chi connectivity index (χ0v) is 8.30. The maximum absolute atomic E-state index is 11.2. The lowest BCUT2D eigenvalue weighted by molar-refractivity contribution is 0.0123. The van der Waals surface area contributed by atoms with Crippen molar-refractivity contribution in [1.82, 2.24) is 9.88 Å². The van der Waals surface area contributed by atoms with E-state index in [0.29, 0.717) is 19.8 Å². The first kappa shape index (κ1) is 9.92. The van der Waals surface area contributed by atoms with Gasteiger partial charge in [-0.05, 0) is 12.1 Å². The van der Waals surface area contributed by atoms with Crippen LogP contribution in [0, 0.1) is 0 Å². The molecular formula is C10H13N3O2. The third-order valence-electron chi connectivity index (χ3n) is 2.44. The third-order valence-corrected chi connectivity index (χ3v) is 2.44. The summed E-state index contributed by atoms with van der Waals surface area (Å²) in [5, 5.41) is 0. The Morgan fingerprint density at radius 1 is 1.60 bits per heavy atom. The molecule has 2 rings (SSSR count). The minimum Gasteiger partial charge on any atom is -0.377 e. The third kappa shape index (κ3) is 2.07. The molecule has 1 aliphatic rings. The number of ether oxygens (including phenoxy) is 1. The number of rotatable bonds is 1. The van der Waals surface area contributed by atoms with Crippen LogP contribution in [-0.4, -0.2) is 35.7 Å². The Morgan fingerprint density at radius 2 is 2.47 bits per heavy atom. The van der Waals surface area contributed by atoms with Crippen LogP contribution in [0.15, 0.2) is 24.4 Å². The summed E-state index contributed by atoms with van der Waals surface area (Å²) >= 11 is 0. The zero-order chi connectivity index (χ0) is 10.7. The number of hydrogen-bond donors (Lipinski definition) is 1. The number of primary amides is 1. The van der Waals surface area contributed by atoms with Crippen LogP contribution in [0.1, 0.15) is 11.7 Å². The first-order chi connectivity index (χ1) is 7.29. The van der Waals surface area contributed by atoms with Crippen LogP contribution in [-0.2, 0) is 4.74 Å². The molecule has 0 bridgehead atoms. The number of carbonyl (C=O) groups is 1. The van der Waals surface area contributed by atoms with Crippen LogP contribution in [0.2, 0.25) is 0 Å². The van der Waals surface area contributed by atoms with Gasteiger partial charge in [-0.1, -0.05) is 6.07 Å². The highest BCUT2D eigenvalue weighted by molar-refractivity contribution is 5.72. The second-order valence-electron chi connectivity index (χ2n) is 3.38. The van der Waals surface area contributed by atoms with Gasteiger partial charge >= 0.3 is 6.03 Å². The van der Waals surface area contributed by atoms with E-state index in [4.69, 9.17) is 10.5 Å². The molecule has 2 heterocycles. The van der Waals surface area contributed by atoms with Gasteiger partial charge in [0.2, 0.25) is 0 Å². The van der Waals surface area contributed by atoms with Crippen molar-refractivity contribution in [3.05, 3.63) is 30.1 Å². The van der Waals surface area contributed by atoms with E-state index in [1.807, 2.05) is 18.2 Å². The van der Waals surface area contributed by atoms with Gasteiger partial charge in [-0.3, -0.25) is 4.98 Å². The lowest BCUT2D eigenvalue weighted by Crippen LogP contribution is -2.46. The second-order valence-corrected chi connectivity index (χ2v) is 3.38. The number of aromatic nitrogens is 1. The molecule has 1 unspecified atom stereocenters. The Labute approximate surface area is 87.8 Å². The molecule has 5 heteroatoms. The minimum absolute atomic E-state index is 0.155. The van der Waals surface area contributed by atoms with Crippen LogP contribution >= 0.6 is 0 Å². The number of carbonyl (C=O) groups excluding carboxylic acids is 1. The van der Waals surface area contributed by atoms with Crippen molar-refractivity contribution >= 4 is 6.03 Å². The highest BCUT2D eigenvalue weighted by atomic mass is 16.5. The maximum Gasteiger partial charge on any atom is 0.315 e. The van der Waals surface area contributed by atoms with E-state index >= 15 is 0 Å². The summed E-state index contributed by atoms with van der Waals surface area (Å²) in [7, 11) is 0. The van der Waals surface area contributed by atoms with Gasteiger partial charge in [0, 0.05) is 12.7 Å². The smallest absolute Gasteiger partial charge is 0.315 e. The molecule has 2 N–H and O–H groups in total. The summed E-state index contributed by atoms with van der Waals surface area (Å²) in [5.41, 5.74) is 6.11. The SMILES string of the molecule is NC(=O)N1CCOCC1c1ccccn1. The zero-order valence-electron chi connectivity index (χ0n) is 8.30. The van der Waals surface area contributed by atoms with Gasteiger partial charge in [-0.15, -0.1) is 0 Å². The van der Waals surface area contributed by atoms with Gasteiger partial charge in [-0.25, -0.2) is 4.79 Å². The predicted octanol–water partition coefficient (Wildman–Crippen LogP) is 0.534. The Hall–Kier alpha value is -1.62. The fourth-order valence-corrected chi connectivity index (χ4v) is 1.69. The molecule has 80 valence electrons. The Morgan fingerprint density at radius 3 is 3.13 bits per heavy atom. The normalized spacial score (nSPS) is 21.3. The summed E-state index contributed by atoms with van der Waals surface area (Å²) in [4.78, 5) is 17.0. The first-order valence-electron chi connectivity index (χ1n) is 4.84. The quantitative estimate of drug-likeness (QED) is 0.730. The average Bonchev–Trinajstić information content (AvgIpc) is 2.30. The van der Waals surface area contributed by atoms with Gasteiger partial charge in [0.1, 0.15) is 0 Å². The molecule has 0 aliphatic carbocycles. The number of nitrogens with two attached hydrogens (primary N) is 1. The van der Waals surface area contributed by atoms with Crippen molar-refractivity contribution in [3.63, 3.8) is 0 Å². The molecule has 0 spiro atoms. The number of nitrogens with zero attached hydrogens (tertiary/aromatic N) is 2. The van der Waals surface area contributed by atoms with Crippen LogP contribution < -0.4 is 5.73 Å². The Kier molecular flexibility index (Phi) is 2.82. The van der Waals surface area contributed by atoms with Crippen molar-refractivity contribution in [2.45, 2.75) is 6.04 Å². The van der Waals surface area contributed by atoms with E-state index in [-0.39, 0.29) is 6.04 Å². The van der Waals surface area contributed by atoms with Crippen molar-refractivity contribution in [1.29, 1.82) is 0 Å². The predicted molar refractivity (Wildman–Crippen MR) is 54.1 cm³/mol. The van der Waals surface area contributed by atoms with Crippen LogP contribution in [0.4, 0.5) is 4.79 Å². The maximum atomic E-state index is 11.2. The highest BCUT2D eigenvalue weighted by Crippen LogP contribution is 2.21. The lowest BCUT2D eigenvalue weighted by atomic mass is 10.1. The van der Waals surface area contributed by atoms with E-state index in [1.165, 1.54) is 0 Å². The molecular weight excluding hydrogens is 194 g/mol. The van der Waals surface area contributed by atoms with Gasteiger partial charge in [0.25, 0.3) is 0 Å². The van der Waals surface area contributed by atoms with Gasteiger partial charge in [-0.2, -0.15) is 0 Å². The monoisotopic (exact) mass is 207 g/mol. The van der Waals surface area contributed by atoms with E-state index in [2.05, 4.69) is 4.98 Å². The van der Waals surface area contributed by atoms with Crippen LogP contribution in [0.25, 0.3) is 0 Å².